The molecule has 6 heteroatoms. The van der Waals surface area contributed by atoms with Gasteiger partial charge in [-0.2, -0.15) is 0 Å². The minimum Gasteiger partial charge on any atom is -0.393 e. The van der Waals surface area contributed by atoms with Crippen LogP contribution in [0.15, 0.2) is 57.3 Å². The van der Waals surface area contributed by atoms with E-state index in [1.165, 1.54) is 11.8 Å². The quantitative estimate of drug-likeness (QED) is 0.640. The number of thiazole rings is 1. The molecule has 0 aliphatic carbocycles. The minimum absolute atomic E-state index is 0.319. The third-order valence-electron chi connectivity index (χ3n) is 3.34. The molecule has 3 nitrogen and oxygen atoms in total. The lowest BCUT2D eigenvalue weighted by Crippen LogP contribution is -2.33. The fourth-order valence-corrected chi connectivity index (χ4v) is 4.80. The Kier molecular flexibility index (Phi) is 4.84. The molecule has 2 aromatic carbocycles. The molecule has 2 N–H and O–H groups in total. The molecular weight excluding hydrogens is 382 g/mol. The first-order valence-corrected chi connectivity index (χ1v) is 9.28. The molecule has 22 heavy (non-hydrogen) atoms. The maximum atomic E-state index is 10.7. The van der Waals surface area contributed by atoms with Gasteiger partial charge in [-0.25, -0.2) is 4.98 Å². The molecule has 0 aliphatic heterocycles. The van der Waals surface area contributed by atoms with Crippen molar-refractivity contribution in [1.29, 1.82) is 0 Å². The molecule has 0 bridgehead atoms. The van der Waals surface area contributed by atoms with Crippen molar-refractivity contribution in [1.82, 2.24) is 4.98 Å². The summed E-state index contributed by atoms with van der Waals surface area (Å²) in [6.45, 7) is -0.319. The number of halogens is 1. The second-order valence-electron chi connectivity index (χ2n) is 4.94. The highest BCUT2D eigenvalue weighted by Crippen LogP contribution is 2.35. The number of nitrogens with zero attached hydrogens (tertiary/aromatic N) is 1. The Morgan fingerprint density at radius 1 is 1.18 bits per heavy atom. The van der Waals surface area contributed by atoms with Gasteiger partial charge in [0.1, 0.15) is 5.60 Å². The van der Waals surface area contributed by atoms with E-state index in [4.69, 9.17) is 0 Å². The summed E-state index contributed by atoms with van der Waals surface area (Å²) in [5, 5.41) is 20.3. The van der Waals surface area contributed by atoms with Crippen molar-refractivity contribution in [3.8, 4) is 0 Å². The number of benzene rings is 2. The zero-order valence-electron chi connectivity index (χ0n) is 11.6. The van der Waals surface area contributed by atoms with E-state index >= 15 is 0 Å². The minimum atomic E-state index is -1.26. The Labute approximate surface area is 145 Å². The number of thioether (sulfide) groups is 1. The van der Waals surface area contributed by atoms with E-state index in [0.29, 0.717) is 11.3 Å². The van der Waals surface area contributed by atoms with Gasteiger partial charge in [0.2, 0.25) is 0 Å². The van der Waals surface area contributed by atoms with E-state index in [-0.39, 0.29) is 6.61 Å². The fourth-order valence-electron chi connectivity index (χ4n) is 2.09. The number of hydrogen-bond donors (Lipinski definition) is 2. The summed E-state index contributed by atoms with van der Waals surface area (Å²) in [6.07, 6.45) is 0. The Hall–Kier alpha value is -0.920. The normalized spacial score (nSPS) is 14.1. The number of aliphatic hydroxyl groups excluding tert-OH is 1. The van der Waals surface area contributed by atoms with Gasteiger partial charge < -0.3 is 10.2 Å². The van der Waals surface area contributed by atoms with Gasteiger partial charge in [-0.05, 0) is 23.8 Å². The molecule has 1 atom stereocenters. The van der Waals surface area contributed by atoms with Crippen LogP contribution in [0.4, 0.5) is 0 Å². The molecule has 114 valence electrons. The van der Waals surface area contributed by atoms with Crippen molar-refractivity contribution in [2.45, 2.75) is 9.94 Å². The highest BCUT2D eigenvalue weighted by molar-refractivity contribution is 9.10. The molecule has 0 saturated heterocycles. The first-order chi connectivity index (χ1) is 10.6. The summed E-state index contributed by atoms with van der Waals surface area (Å²) >= 11 is 6.50. The smallest absolute Gasteiger partial charge is 0.151 e. The lowest BCUT2D eigenvalue weighted by Gasteiger charge is -2.25. The van der Waals surface area contributed by atoms with Gasteiger partial charge in [0.15, 0.2) is 4.34 Å². The van der Waals surface area contributed by atoms with E-state index in [9.17, 15) is 10.2 Å². The Bertz CT molecular complexity index is 778. The second-order valence-corrected chi connectivity index (χ2v) is 8.11. The number of aromatic nitrogens is 1. The van der Waals surface area contributed by atoms with E-state index in [1.54, 1.807) is 11.3 Å². The van der Waals surface area contributed by atoms with Crippen molar-refractivity contribution in [3.63, 3.8) is 0 Å². The molecule has 3 aromatic rings. The van der Waals surface area contributed by atoms with Crippen LogP contribution in [-0.2, 0) is 5.60 Å². The largest absolute Gasteiger partial charge is 0.393 e. The highest BCUT2D eigenvalue weighted by Gasteiger charge is 2.29. The monoisotopic (exact) mass is 395 g/mol. The average Bonchev–Trinajstić information content (AvgIpc) is 2.95. The van der Waals surface area contributed by atoms with Crippen LogP contribution in [0.25, 0.3) is 10.2 Å². The first-order valence-electron chi connectivity index (χ1n) is 6.68. The predicted molar refractivity (Wildman–Crippen MR) is 95.5 cm³/mol. The summed E-state index contributed by atoms with van der Waals surface area (Å²) in [6, 6.07) is 15.2. The predicted octanol–water partition coefficient (Wildman–Crippen LogP) is 4.03. The van der Waals surface area contributed by atoms with Crippen molar-refractivity contribution < 1.29 is 10.2 Å². The summed E-state index contributed by atoms with van der Waals surface area (Å²) < 4.78 is 3.01. The Balaban J connectivity index is 1.79. The third-order valence-corrected chi connectivity index (χ3v) is 6.21. The van der Waals surface area contributed by atoms with Crippen molar-refractivity contribution in [2.75, 3.05) is 12.4 Å². The van der Waals surface area contributed by atoms with Crippen LogP contribution in [0.3, 0.4) is 0 Å². The molecule has 0 amide bonds. The molecule has 1 aromatic heterocycles. The molecule has 0 radical (unpaired) electrons. The van der Waals surface area contributed by atoms with Crippen molar-refractivity contribution in [2.24, 2.45) is 0 Å². The van der Waals surface area contributed by atoms with E-state index in [2.05, 4.69) is 20.9 Å². The Morgan fingerprint density at radius 2 is 1.95 bits per heavy atom. The maximum Gasteiger partial charge on any atom is 0.151 e. The van der Waals surface area contributed by atoms with E-state index in [0.717, 1.165) is 19.0 Å². The molecule has 0 fully saturated rings. The molecular formula is C16H14BrNO2S2. The second kappa shape index (κ2) is 6.68. The standard InChI is InChI=1S/C16H14BrNO2S2/c17-12-6-7-13-14(8-12)22-15(18-13)21-10-16(20,9-19)11-4-2-1-3-5-11/h1-8,19-20H,9-10H2/t16-/m1/s1. The SMILES string of the molecule is OC[C@@](O)(CSc1nc2ccc(Br)cc2s1)c1ccccc1. The van der Waals surface area contributed by atoms with Crippen LogP contribution >= 0.6 is 39.0 Å². The van der Waals surface area contributed by atoms with Gasteiger partial charge in [-0.1, -0.05) is 58.0 Å². The lowest BCUT2D eigenvalue weighted by atomic mass is 9.97. The van der Waals surface area contributed by atoms with Crippen LogP contribution in [-0.4, -0.2) is 27.6 Å². The van der Waals surface area contributed by atoms with Crippen molar-refractivity contribution >= 4 is 49.2 Å². The number of fused-ring (bicyclic) bond motifs is 1. The molecule has 0 aliphatic rings. The van der Waals surface area contributed by atoms with Crippen LogP contribution in [0.1, 0.15) is 5.56 Å². The molecule has 0 spiro atoms. The zero-order chi connectivity index (χ0) is 15.6. The van der Waals surface area contributed by atoms with Crippen LogP contribution in [0, 0.1) is 0 Å². The summed E-state index contributed by atoms with van der Waals surface area (Å²) in [5.74, 6) is 0.356. The molecule has 1 heterocycles. The van der Waals surface area contributed by atoms with Gasteiger partial charge in [0, 0.05) is 10.2 Å². The summed E-state index contributed by atoms with van der Waals surface area (Å²) in [7, 11) is 0. The molecule has 0 unspecified atom stereocenters. The van der Waals surface area contributed by atoms with Gasteiger partial charge in [-0.3, -0.25) is 0 Å². The zero-order valence-corrected chi connectivity index (χ0v) is 14.8. The number of aliphatic hydroxyl groups is 2. The van der Waals surface area contributed by atoms with Gasteiger partial charge in [0.25, 0.3) is 0 Å². The van der Waals surface area contributed by atoms with Crippen LogP contribution in [0.2, 0.25) is 0 Å². The number of rotatable bonds is 5. The number of hydrogen-bond acceptors (Lipinski definition) is 5. The molecule has 0 saturated carbocycles. The summed E-state index contributed by atoms with van der Waals surface area (Å²) in [4.78, 5) is 4.55. The van der Waals surface area contributed by atoms with Gasteiger partial charge in [-0.15, -0.1) is 11.3 Å². The third kappa shape index (κ3) is 3.36. The highest BCUT2D eigenvalue weighted by atomic mass is 79.9. The Morgan fingerprint density at radius 3 is 2.68 bits per heavy atom. The van der Waals surface area contributed by atoms with Crippen LogP contribution < -0.4 is 0 Å². The van der Waals surface area contributed by atoms with Gasteiger partial charge in [0.05, 0.1) is 16.8 Å². The first kappa shape index (κ1) is 16.0. The summed E-state index contributed by atoms with van der Waals surface area (Å²) in [5.41, 5.74) is 0.404. The fraction of sp³-hybridized carbons (Fsp3) is 0.188. The maximum absolute atomic E-state index is 10.7. The lowest BCUT2D eigenvalue weighted by molar-refractivity contribution is 0.00215. The van der Waals surface area contributed by atoms with E-state index in [1.807, 2.05) is 48.5 Å². The van der Waals surface area contributed by atoms with E-state index < -0.39 is 5.60 Å². The molecule has 3 rings (SSSR count). The van der Waals surface area contributed by atoms with Crippen LogP contribution in [0.5, 0.6) is 0 Å². The van der Waals surface area contributed by atoms with Crippen molar-refractivity contribution in [3.05, 3.63) is 58.6 Å². The average molecular weight is 396 g/mol. The van der Waals surface area contributed by atoms with Gasteiger partial charge >= 0.3 is 0 Å². The topological polar surface area (TPSA) is 53.4 Å².